The molecule has 0 saturated heterocycles. The average molecular weight is 274 g/mol. The SMILES string of the molecule is CCCc1ccc(C(N)c2cccc(Cl)c2C)cc1. The van der Waals surface area contributed by atoms with Gasteiger partial charge in [0.15, 0.2) is 0 Å². The molecule has 0 radical (unpaired) electrons. The minimum absolute atomic E-state index is 0.116. The van der Waals surface area contributed by atoms with Gasteiger partial charge < -0.3 is 5.73 Å². The first-order valence-corrected chi connectivity index (χ1v) is 7.10. The van der Waals surface area contributed by atoms with Crippen molar-refractivity contribution in [1.82, 2.24) is 0 Å². The van der Waals surface area contributed by atoms with Gasteiger partial charge >= 0.3 is 0 Å². The van der Waals surface area contributed by atoms with Gasteiger partial charge in [0.05, 0.1) is 6.04 Å². The number of hydrogen-bond acceptors (Lipinski definition) is 1. The van der Waals surface area contributed by atoms with E-state index in [-0.39, 0.29) is 6.04 Å². The Balaban J connectivity index is 2.28. The lowest BCUT2D eigenvalue weighted by Gasteiger charge is -2.16. The van der Waals surface area contributed by atoms with E-state index in [2.05, 4.69) is 31.2 Å². The Morgan fingerprint density at radius 3 is 2.42 bits per heavy atom. The van der Waals surface area contributed by atoms with Gasteiger partial charge in [0.1, 0.15) is 0 Å². The van der Waals surface area contributed by atoms with E-state index < -0.39 is 0 Å². The molecule has 1 nitrogen and oxygen atoms in total. The molecule has 0 aliphatic heterocycles. The van der Waals surface area contributed by atoms with Crippen LogP contribution >= 0.6 is 11.6 Å². The number of nitrogens with two attached hydrogens (primary N) is 1. The summed E-state index contributed by atoms with van der Waals surface area (Å²) >= 11 is 6.16. The summed E-state index contributed by atoms with van der Waals surface area (Å²) in [5.41, 5.74) is 11.0. The van der Waals surface area contributed by atoms with E-state index in [1.807, 2.05) is 25.1 Å². The highest BCUT2D eigenvalue weighted by atomic mass is 35.5. The van der Waals surface area contributed by atoms with E-state index in [1.54, 1.807) is 0 Å². The molecule has 0 amide bonds. The van der Waals surface area contributed by atoms with Gasteiger partial charge in [-0.3, -0.25) is 0 Å². The highest BCUT2D eigenvalue weighted by Crippen LogP contribution is 2.27. The quantitative estimate of drug-likeness (QED) is 0.862. The summed E-state index contributed by atoms with van der Waals surface area (Å²) in [7, 11) is 0. The zero-order chi connectivity index (χ0) is 13.8. The molecule has 1 unspecified atom stereocenters. The van der Waals surface area contributed by atoms with Crippen molar-refractivity contribution in [2.75, 3.05) is 0 Å². The maximum absolute atomic E-state index is 6.35. The topological polar surface area (TPSA) is 26.0 Å². The Morgan fingerprint density at radius 2 is 1.79 bits per heavy atom. The van der Waals surface area contributed by atoms with Crippen molar-refractivity contribution < 1.29 is 0 Å². The molecule has 2 aromatic carbocycles. The second-order valence-electron chi connectivity index (χ2n) is 4.92. The Hall–Kier alpha value is -1.31. The molecule has 2 heteroatoms. The van der Waals surface area contributed by atoms with Crippen molar-refractivity contribution in [1.29, 1.82) is 0 Å². The van der Waals surface area contributed by atoms with Crippen molar-refractivity contribution in [2.45, 2.75) is 32.7 Å². The third kappa shape index (κ3) is 3.17. The third-order valence-corrected chi connectivity index (χ3v) is 3.93. The van der Waals surface area contributed by atoms with Crippen molar-refractivity contribution in [2.24, 2.45) is 5.73 Å². The minimum atomic E-state index is -0.116. The van der Waals surface area contributed by atoms with Crippen LogP contribution in [0.3, 0.4) is 0 Å². The van der Waals surface area contributed by atoms with Gasteiger partial charge in [-0.2, -0.15) is 0 Å². The van der Waals surface area contributed by atoms with Gasteiger partial charge in [-0.25, -0.2) is 0 Å². The molecule has 1 atom stereocenters. The number of rotatable bonds is 4. The highest BCUT2D eigenvalue weighted by molar-refractivity contribution is 6.31. The zero-order valence-electron chi connectivity index (χ0n) is 11.5. The van der Waals surface area contributed by atoms with Crippen molar-refractivity contribution in [3.05, 3.63) is 69.7 Å². The highest BCUT2D eigenvalue weighted by Gasteiger charge is 2.12. The first kappa shape index (κ1) is 14.1. The van der Waals surface area contributed by atoms with Crippen LogP contribution < -0.4 is 5.73 Å². The lowest BCUT2D eigenvalue weighted by Crippen LogP contribution is -2.13. The van der Waals surface area contributed by atoms with Crippen molar-refractivity contribution >= 4 is 11.6 Å². The van der Waals surface area contributed by atoms with Crippen LogP contribution in [0.5, 0.6) is 0 Å². The maximum atomic E-state index is 6.35. The summed E-state index contributed by atoms with van der Waals surface area (Å²) in [5, 5.41) is 0.774. The molecular formula is C17H20ClN. The molecule has 100 valence electrons. The number of halogens is 1. The minimum Gasteiger partial charge on any atom is -0.320 e. The first-order valence-electron chi connectivity index (χ1n) is 6.73. The summed E-state index contributed by atoms with van der Waals surface area (Å²) in [6, 6.07) is 14.4. The van der Waals surface area contributed by atoms with Crippen LogP contribution in [0, 0.1) is 6.92 Å². The van der Waals surface area contributed by atoms with Crippen molar-refractivity contribution in [3.8, 4) is 0 Å². The summed E-state index contributed by atoms with van der Waals surface area (Å²) in [6.07, 6.45) is 2.28. The van der Waals surface area contributed by atoms with Crippen LogP contribution in [0.1, 0.15) is 41.6 Å². The zero-order valence-corrected chi connectivity index (χ0v) is 12.2. The monoisotopic (exact) mass is 273 g/mol. The van der Waals surface area contributed by atoms with Crippen molar-refractivity contribution in [3.63, 3.8) is 0 Å². The van der Waals surface area contributed by atoms with E-state index in [0.717, 1.165) is 28.1 Å². The molecular weight excluding hydrogens is 254 g/mol. The normalized spacial score (nSPS) is 12.4. The predicted molar refractivity (Wildman–Crippen MR) is 82.7 cm³/mol. The molecule has 0 spiro atoms. The number of hydrogen-bond donors (Lipinski definition) is 1. The van der Waals surface area contributed by atoms with Crippen LogP contribution in [0.15, 0.2) is 42.5 Å². The standard InChI is InChI=1S/C17H20ClN/c1-3-5-13-8-10-14(11-9-13)17(19)15-6-4-7-16(18)12(15)2/h4,6-11,17H,3,5,19H2,1-2H3. The molecule has 0 aliphatic carbocycles. The smallest absolute Gasteiger partial charge is 0.0554 e. The van der Waals surface area contributed by atoms with E-state index in [9.17, 15) is 0 Å². The molecule has 2 N–H and O–H groups in total. The predicted octanol–water partition coefficient (Wildman–Crippen LogP) is 4.65. The average Bonchev–Trinajstić information content (AvgIpc) is 2.42. The van der Waals surface area contributed by atoms with Crippen LogP contribution in [0.2, 0.25) is 5.02 Å². The second kappa shape index (κ2) is 6.23. The Labute approximate surface area is 120 Å². The fraction of sp³-hybridized carbons (Fsp3) is 0.294. The fourth-order valence-electron chi connectivity index (χ4n) is 2.32. The molecule has 0 saturated carbocycles. The van der Waals surface area contributed by atoms with Crippen LogP contribution in [-0.2, 0) is 6.42 Å². The lowest BCUT2D eigenvalue weighted by molar-refractivity contribution is 0.856. The number of aryl methyl sites for hydroxylation is 1. The molecule has 19 heavy (non-hydrogen) atoms. The second-order valence-corrected chi connectivity index (χ2v) is 5.33. The van der Waals surface area contributed by atoms with Crippen LogP contribution in [0.4, 0.5) is 0 Å². The summed E-state index contributed by atoms with van der Waals surface area (Å²) < 4.78 is 0. The Kier molecular flexibility index (Phi) is 4.62. The van der Waals surface area contributed by atoms with E-state index in [1.165, 1.54) is 12.0 Å². The van der Waals surface area contributed by atoms with Gasteiger partial charge in [-0.15, -0.1) is 0 Å². The lowest BCUT2D eigenvalue weighted by atomic mass is 9.95. The van der Waals surface area contributed by atoms with Gasteiger partial charge in [0, 0.05) is 5.02 Å². The largest absolute Gasteiger partial charge is 0.320 e. The molecule has 0 bridgehead atoms. The third-order valence-electron chi connectivity index (χ3n) is 3.52. The Morgan fingerprint density at radius 1 is 1.11 bits per heavy atom. The summed E-state index contributed by atoms with van der Waals surface area (Å²) in [6.45, 7) is 4.21. The summed E-state index contributed by atoms with van der Waals surface area (Å²) in [5.74, 6) is 0. The van der Waals surface area contributed by atoms with E-state index >= 15 is 0 Å². The fourth-order valence-corrected chi connectivity index (χ4v) is 2.50. The van der Waals surface area contributed by atoms with E-state index in [4.69, 9.17) is 17.3 Å². The first-order chi connectivity index (χ1) is 9.13. The molecule has 2 rings (SSSR count). The molecule has 0 aliphatic rings. The molecule has 0 aromatic heterocycles. The molecule has 2 aromatic rings. The van der Waals surface area contributed by atoms with Gasteiger partial charge in [-0.05, 0) is 41.7 Å². The van der Waals surface area contributed by atoms with Gasteiger partial charge in [0.2, 0.25) is 0 Å². The van der Waals surface area contributed by atoms with E-state index in [0.29, 0.717) is 0 Å². The maximum Gasteiger partial charge on any atom is 0.0554 e. The van der Waals surface area contributed by atoms with Crippen LogP contribution in [-0.4, -0.2) is 0 Å². The van der Waals surface area contributed by atoms with Crippen LogP contribution in [0.25, 0.3) is 0 Å². The molecule has 0 fully saturated rings. The Bertz CT molecular complexity index is 546. The summed E-state index contributed by atoms with van der Waals surface area (Å²) in [4.78, 5) is 0. The van der Waals surface area contributed by atoms with Gasteiger partial charge in [-0.1, -0.05) is 61.3 Å². The number of benzene rings is 2. The van der Waals surface area contributed by atoms with Gasteiger partial charge in [0.25, 0.3) is 0 Å². The molecule has 0 heterocycles.